The van der Waals surface area contributed by atoms with E-state index in [1.54, 1.807) is 12.3 Å². The van der Waals surface area contributed by atoms with Crippen LogP contribution in [0.15, 0.2) is 30.6 Å². The summed E-state index contributed by atoms with van der Waals surface area (Å²) in [6.45, 7) is 6.71. The number of hydrogen-bond donors (Lipinski definition) is 2. The van der Waals surface area contributed by atoms with Crippen LogP contribution in [0.3, 0.4) is 0 Å². The van der Waals surface area contributed by atoms with Crippen LogP contribution in [0, 0.1) is 12.8 Å². The number of nitrogens with zero attached hydrogens (tertiary/aromatic N) is 2. The molecule has 1 aromatic carbocycles. The highest BCUT2D eigenvalue weighted by molar-refractivity contribution is 5.97. The van der Waals surface area contributed by atoms with Gasteiger partial charge in [-0.15, -0.1) is 0 Å². The number of anilines is 1. The smallest absolute Gasteiger partial charge is 0.254 e. The zero-order valence-electron chi connectivity index (χ0n) is 16.3. The van der Waals surface area contributed by atoms with E-state index in [2.05, 4.69) is 15.5 Å². The number of aryl methyl sites for hydroxylation is 1. The van der Waals surface area contributed by atoms with Gasteiger partial charge in [-0.25, -0.2) is 0 Å². The molecule has 3 rings (SSSR count). The van der Waals surface area contributed by atoms with Gasteiger partial charge < -0.3 is 10.2 Å². The molecule has 2 amide bonds. The van der Waals surface area contributed by atoms with Crippen molar-refractivity contribution in [2.75, 3.05) is 11.9 Å². The van der Waals surface area contributed by atoms with Crippen LogP contribution in [0.2, 0.25) is 0 Å². The first kappa shape index (κ1) is 19.1. The highest BCUT2D eigenvalue weighted by Gasteiger charge is 2.29. The van der Waals surface area contributed by atoms with Gasteiger partial charge in [0.25, 0.3) is 5.91 Å². The van der Waals surface area contributed by atoms with Crippen molar-refractivity contribution in [2.24, 2.45) is 5.92 Å². The lowest BCUT2D eigenvalue weighted by Gasteiger charge is -2.35. The van der Waals surface area contributed by atoms with Crippen molar-refractivity contribution < 1.29 is 9.59 Å². The molecular weight excluding hydrogens is 340 g/mol. The van der Waals surface area contributed by atoms with Gasteiger partial charge >= 0.3 is 0 Å². The molecular formula is C21H28N4O2. The number of H-pyrrole nitrogens is 1. The van der Waals surface area contributed by atoms with Crippen molar-refractivity contribution in [2.45, 2.75) is 52.5 Å². The molecule has 2 aromatic rings. The van der Waals surface area contributed by atoms with Gasteiger partial charge in [0.2, 0.25) is 5.91 Å². The zero-order chi connectivity index (χ0) is 19.4. The van der Waals surface area contributed by atoms with Gasteiger partial charge in [0, 0.05) is 36.0 Å². The molecule has 2 N–H and O–H groups in total. The molecule has 27 heavy (non-hydrogen) atoms. The number of likely N-dealkylation sites (tertiary alicyclic amines) is 1. The van der Waals surface area contributed by atoms with E-state index in [1.807, 2.05) is 44.0 Å². The third-order valence-corrected chi connectivity index (χ3v) is 5.01. The Bertz CT molecular complexity index is 799. The molecule has 1 aromatic heterocycles. The molecule has 0 saturated carbocycles. The van der Waals surface area contributed by atoms with Crippen LogP contribution in [0.1, 0.15) is 67.1 Å². The molecule has 0 radical (unpaired) electrons. The minimum atomic E-state index is 0.00299. The summed E-state index contributed by atoms with van der Waals surface area (Å²) in [6.07, 6.45) is 7.24. The number of carbonyl (C=O) groups is 2. The van der Waals surface area contributed by atoms with Gasteiger partial charge in [-0.1, -0.05) is 13.8 Å². The second-order valence-electron chi connectivity index (χ2n) is 7.72. The van der Waals surface area contributed by atoms with Crippen molar-refractivity contribution in [1.82, 2.24) is 15.1 Å². The molecule has 144 valence electrons. The third-order valence-electron chi connectivity index (χ3n) is 5.01. The van der Waals surface area contributed by atoms with Gasteiger partial charge in [-0.05, 0) is 55.9 Å². The molecule has 1 unspecified atom stereocenters. The summed E-state index contributed by atoms with van der Waals surface area (Å²) in [7, 11) is 0. The zero-order valence-corrected chi connectivity index (χ0v) is 16.3. The van der Waals surface area contributed by atoms with Crippen LogP contribution >= 0.6 is 0 Å². The van der Waals surface area contributed by atoms with Gasteiger partial charge in [0.15, 0.2) is 0 Å². The molecule has 6 heteroatoms. The van der Waals surface area contributed by atoms with E-state index < -0.39 is 0 Å². The summed E-state index contributed by atoms with van der Waals surface area (Å²) in [5.41, 5.74) is 3.37. The lowest BCUT2D eigenvalue weighted by Crippen LogP contribution is -2.38. The lowest BCUT2D eigenvalue weighted by molar-refractivity contribution is -0.116. The predicted molar refractivity (Wildman–Crippen MR) is 105 cm³/mol. The average Bonchev–Trinajstić information content (AvgIpc) is 3.16. The summed E-state index contributed by atoms with van der Waals surface area (Å²) in [5.74, 6) is 0.345. The molecule has 0 bridgehead atoms. The summed E-state index contributed by atoms with van der Waals surface area (Å²) in [4.78, 5) is 27.1. The Balaban J connectivity index is 1.76. The van der Waals surface area contributed by atoms with Crippen LogP contribution in [0.5, 0.6) is 0 Å². The van der Waals surface area contributed by atoms with Crippen molar-refractivity contribution in [3.05, 3.63) is 47.3 Å². The fourth-order valence-electron chi connectivity index (χ4n) is 3.64. The van der Waals surface area contributed by atoms with Crippen molar-refractivity contribution in [3.8, 4) is 0 Å². The number of aromatic amines is 1. The Kier molecular flexibility index (Phi) is 5.94. The first-order valence-electron chi connectivity index (χ1n) is 9.66. The Morgan fingerprint density at radius 2 is 2.15 bits per heavy atom. The van der Waals surface area contributed by atoms with E-state index in [0.717, 1.165) is 42.6 Å². The molecule has 1 atom stereocenters. The van der Waals surface area contributed by atoms with Gasteiger partial charge in [0.1, 0.15) is 0 Å². The Morgan fingerprint density at radius 1 is 1.33 bits per heavy atom. The van der Waals surface area contributed by atoms with Crippen LogP contribution in [0.25, 0.3) is 0 Å². The number of aromatic nitrogens is 2. The summed E-state index contributed by atoms with van der Waals surface area (Å²) < 4.78 is 0. The van der Waals surface area contributed by atoms with E-state index in [9.17, 15) is 9.59 Å². The SMILES string of the molecule is Cc1cc(C(=O)N2CCCCC2c2cn[nH]c2)ccc1NC(=O)CC(C)C. The average molecular weight is 368 g/mol. The molecule has 1 saturated heterocycles. The highest BCUT2D eigenvalue weighted by atomic mass is 16.2. The monoisotopic (exact) mass is 368 g/mol. The van der Waals surface area contributed by atoms with E-state index in [1.165, 1.54) is 0 Å². The van der Waals surface area contributed by atoms with Crippen molar-refractivity contribution in [1.29, 1.82) is 0 Å². The summed E-state index contributed by atoms with van der Waals surface area (Å²) in [5, 5.41) is 9.82. The lowest BCUT2D eigenvalue weighted by atomic mass is 9.96. The van der Waals surface area contributed by atoms with E-state index in [-0.39, 0.29) is 17.9 Å². The molecule has 2 heterocycles. The second-order valence-corrected chi connectivity index (χ2v) is 7.72. The van der Waals surface area contributed by atoms with Crippen LogP contribution in [0.4, 0.5) is 5.69 Å². The molecule has 1 aliphatic heterocycles. The number of hydrogen-bond acceptors (Lipinski definition) is 3. The predicted octanol–water partition coefficient (Wildman–Crippen LogP) is 4.07. The standard InChI is InChI=1S/C21H28N4O2/c1-14(2)10-20(26)24-18-8-7-16(11-15(18)3)21(27)25-9-5-4-6-19(25)17-12-22-23-13-17/h7-8,11-14,19H,4-6,9-10H2,1-3H3,(H,22,23)(H,24,26). The minimum absolute atomic E-state index is 0.00299. The molecule has 0 aliphatic carbocycles. The quantitative estimate of drug-likeness (QED) is 0.835. The number of rotatable bonds is 5. The fourth-order valence-corrected chi connectivity index (χ4v) is 3.64. The van der Waals surface area contributed by atoms with Crippen molar-refractivity contribution in [3.63, 3.8) is 0 Å². The third kappa shape index (κ3) is 4.56. The van der Waals surface area contributed by atoms with Gasteiger partial charge in [0.05, 0.1) is 12.2 Å². The number of amides is 2. The largest absolute Gasteiger partial charge is 0.331 e. The van der Waals surface area contributed by atoms with Crippen LogP contribution in [-0.2, 0) is 4.79 Å². The number of carbonyl (C=O) groups excluding carboxylic acids is 2. The Hall–Kier alpha value is -2.63. The maximum absolute atomic E-state index is 13.1. The maximum Gasteiger partial charge on any atom is 0.254 e. The van der Waals surface area contributed by atoms with Crippen LogP contribution in [-0.4, -0.2) is 33.5 Å². The Labute approximate surface area is 160 Å². The minimum Gasteiger partial charge on any atom is -0.331 e. The summed E-state index contributed by atoms with van der Waals surface area (Å²) in [6, 6.07) is 5.57. The van der Waals surface area contributed by atoms with Gasteiger partial charge in [-0.3, -0.25) is 14.7 Å². The second kappa shape index (κ2) is 8.37. The maximum atomic E-state index is 13.1. The number of benzene rings is 1. The number of nitrogens with one attached hydrogen (secondary N) is 2. The van der Waals surface area contributed by atoms with Gasteiger partial charge in [-0.2, -0.15) is 5.10 Å². The molecule has 0 spiro atoms. The van der Waals surface area contributed by atoms with E-state index in [4.69, 9.17) is 0 Å². The first-order chi connectivity index (χ1) is 13.0. The molecule has 6 nitrogen and oxygen atoms in total. The Morgan fingerprint density at radius 3 is 2.81 bits per heavy atom. The topological polar surface area (TPSA) is 78.1 Å². The van der Waals surface area contributed by atoms with Crippen molar-refractivity contribution >= 4 is 17.5 Å². The molecule has 1 aliphatic rings. The van der Waals surface area contributed by atoms with E-state index in [0.29, 0.717) is 17.9 Å². The summed E-state index contributed by atoms with van der Waals surface area (Å²) >= 11 is 0. The van der Waals surface area contributed by atoms with E-state index >= 15 is 0 Å². The molecule has 1 fully saturated rings. The fraction of sp³-hybridized carbons (Fsp3) is 0.476. The number of piperidine rings is 1. The highest BCUT2D eigenvalue weighted by Crippen LogP contribution is 2.32. The first-order valence-corrected chi connectivity index (χ1v) is 9.66. The normalized spacial score (nSPS) is 17.2. The van der Waals surface area contributed by atoms with Crippen LogP contribution < -0.4 is 5.32 Å².